The van der Waals surface area contributed by atoms with Gasteiger partial charge in [0.05, 0.1) is 5.69 Å². The van der Waals surface area contributed by atoms with E-state index in [2.05, 4.69) is 10.3 Å². The van der Waals surface area contributed by atoms with Gasteiger partial charge in [0.15, 0.2) is 5.69 Å². The number of ether oxygens (including phenoxy) is 1. The van der Waals surface area contributed by atoms with Crippen molar-refractivity contribution < 1.29 is 9.53 Å². The highest BCUT2D eigenvalue weighted by atomic mass is 16.6. The first-order valence-electron chi connectivity index (χ1n) is 6.50. The second-order valence-corrected chi connectivity index (χ2v) is 6.00. The molecule has 0 saturated heterocycles. The number of rotatable bonds is 3. The maximum Gasteiger partial charge on any atom is 0.361 e. The molecule has 1 saturated carbocycles. The fourth-order valence-corrected chi connectivity index (χ4v) is 1.97. The summed E-state index contributed by atoms with van der Waals surface area (Å²) in [6.45, 7) is 8.27. The highest BCUT2D eigenvalue weighted by molar-refractivity contribution is 5.88. The van der Waals surface area contributed by atoms with Crippen LogP contribution in [0.25, 0.3) is 0 Å². The second-order valence-electron chi connectivity index (χ2n) is 6.00. The van der Waals surface area contributed by atoms with Crippen molar-refractivity contribution in [3.05, 3.63) is 11.4 Å². The number of esters is 1. The highest BCUT2D eigenvalue weighted by Crippen LogP contribution is 2.28. The number of nitrogens with zero attached hydrogens (tertiary/aromatic N) is 3. The molecule has 0 unspecified atom stereocenters. The van der Waals surface area contributed by atoms with Crippen molar-refractivity contribution >= 4 is 5.97 Å². The molecule has 0 radical (unpaired) electrons. The second kappa shape index (κ2) is 4.71. The Bertz CT molecular complexity index is 442. The lowest BCUT2D eigenvalue weighted by Gasteiger charge is -2.25. The quantitative estimate of drug-likeness (QED) is 0.774. The number of carbonyl (C=O) groups is 1. The van der Waals surface area contributed by atoms with Crippen molar-refractivity contribution in [2.24, 2.45) is 5.92 Å². The fourth-order valence-electron chi connectivity index (χ4n) is 1.97. The molecule has 5 heteroatoms. The lowest BCUT2D eigenvalue weighted by Crippen LogP contribution is -2.25. The molecule has 1 aliphatic rings. The molecule has 5 nitrogen and oxygen atoms in total. The average Bonchev–Trinajstić information content (AvgIpc) is 2.51. The molecule has 0 aliphatic heterocycles. The Kier molecular flexibility index (Phi) is 3.41. The number of aromatic nitrogens is 3. The summed E-state index contributed by atoms with van der Waals surface area (Å²) in [5.74, 6) is 0.303. The van der Waals surface area contributed by atoms with Crippen molar-refractivity contribution in [3.8, 4) is 0 Å². The van der Waals surface area contributed by atoms with E-state index < -0.39 is 5.60 Å². The minimum Gasteiger partial charge on any atom is -0.455 e. The Morgan fingerprint density at radius 1 is 1.44 bits per heavy atom. The van der Waals surface area contributed by atoms with Gasteiger partial charge in [-0.25, -0.2) is 9.48 Å². The fraction of sp³-hybridized carbons (Fsp3) is 0.769. The van der Waals surface area contributed by atoms with E-state index in [1.165, 1.54) is 19.3 Å². The summed E-state index contributed by atoms with van der Waals surface area (Å²) in [6.07, 6.45) is 3.81. The third kappa shape index (κ3) is 2.89. The Labute approximate surface area is 108 Å². The van der Waals surface area contributed by atoms with Gasteiger partial charge in [0.25, 0.3) is 0 Å². The summed E-state index contributed by atoms with van der Waals surface area (Å²) in [5.41, 5.74) is 0.641. The third-order valence-corrected chi connectivity index (χ3v) is 3.23. The summed E-state index contributed by atoms with van der Waals surface area (Å²) < 4.78 is 7.13. The van der Waals surface area contributed by atoms with Crippen LogP contribution in [0.2, 0.25) is 0 Å². The normalized spacial score (nSPS) is 16.4. The number of hydrogen-bond donors (Lipinski definition) is 0. The van der Waals surface area contributed by atoms with Crippen molar-refractivity contribution in [3.63, 3.8) is 0 Å². The maximum atomic E-state index is 11.9. The Morgan fingerprint density at radius 2 is 2.11 bits per heavy atom. The molecule has 0 amide bonds. The first kappa shape index (κ1) is 13.1. The Morgan fingerprint density at radius 3 is 2.61 bits per heavy atom. The Balaban J connectivity index is 2.07. The van der Waals surface area contributed by atoms with Crippen LogP contribution in [0.3, 0.4) is 0 Å². The molecule has 1 aromatic heterocycles. The van der Waals surface area contributed by atoms with Gasteiger partial charge < -0.3 is 4.74 Å². The smallest absolute Gasteiger partial charge is 0.361 e. The van der Waals surface area contributed by atoms with Crippen LogP contribution in [0.4, 0.5) is 0 Å². The van der Waals surface area contributed by atoms with Crippen LogP contribution in [0.5, 0.6) is 0 Å². The van der Waals surface area contributed by atoms with Crippen LogP contribution < -0.4 is 0 Å². The third-order valence-electron chi connectivity index (χ3n) is 3.23. The van der Waals surface area contributed by atoms with Crippen LogP contribution in [0, 0.1) is 12.8 Å². The lowest BCUT2D eigenvalue weighted by molar-refractivity contribution is 0.00618. The van der Waals surface area contributed by atoms with Gasteiger partial charge in [-0.15, -0.1) is 5.10 Å². The van der Waals surface area contributed by atoms with Crippen molar-refractivity contribution in [1.29, 1.82) is 0 Å². The molecule has 18 heavy (non-hydrogen) atoms. The van der Waals surface area contributed by atoms with Crippen LogP contribution >= 0.6 is 0 Å². The summed E-state index contributed by atoms with van der Waals surface area (Å²) >= 11 is 0. The molecule has 1 aliphatic carbocycles. The Hall–Kier alpha value is -1.39. The van der Waals surface area contributed by atoms with Crippen LogP contribution in [-0.4, -0.2) is 26.6 Å². The van der Waals surface area contributed by atoms with Crippen LogP contribution in [-0.2, 0) is 11.3 Å². The topological polar surface area (TPSA) is 57.0 Å². The number of carbonyl (C=O) groups excluding carboxylic acids is 1. The van der Waals surface area contributed by atoms with Gasteiger partial charge in [-0.05, 0) is 46.5 Å². The monoisotopic (exact) mass is 251 g/mol. The molecule has 0 N–H and O–H groups in total. The van der Waals surface area contributed by atoms with Gasteiger partial charge in [-0.1, -0.05) is 11.6 Å². The zero-order valence-electron chi connectivity index (χ0n) is 11.6. The van der Waals surface area contributed by atoms with Gasteiger partial charge in [0.1, 0.15) is 5.60 Å². The van der Waals surface area contributed by atoms with E-state index in [1.54, 1.807) is 0 Å². The zero-order chi connectivity index (χ0) is 13.3. The molecule has 0 aromatic carbocycles. The average molecular weight is 251 g/mol. The zero-order valence-corrected chi connectivity index (χ0v) is 11.6. The number of hydrogen-bond acceptors (Lipinski definition) is 4. The van der Waals surface area contributed by atoms with E-state index in [1.807, 2.05) is 32.4 Å². The van der Waals surface area contributed by atoms with Gasteiger partial charge in [0, 0.05) is 6.54 Å². The van der Waals surface area contributed by atoms with Gasteiger partial charge in [-0.3, -0.25) is 0 Å². The van der Waals surface area contributed by atoms with Crippen LogP contribution in [0.15, 0.2) is 0 Å². The molecule has 0 spiro atoms. The lowest BCUT2D eigenvalue weighted by atomic mass is 9.85. The van der Waals surface area contributed by atoms with E-state index in [9.17, 15) is 4.79 Å². The summed E-state index contributed by atoms with van der Waals surface area (Å²) in [5, 5.41) is 8.00. The summed E-state index contributed by atoms with van der Waals surface area (Å²) in [4.78, 5) is 11.9. The minimum absolute atomic E-state index is 0.337. The van der Waals surface area contributed by atoms with E-state index in [0.717, 1.165) is 12.2 Å². The molecule has 1 fully saturated rings. The van der Waals surface area contributed by atoms with E-state index in [-0.39, 0.29) is 5.97 Å². The van der Waals surface area contributed by atoms with Crippen molar-refractivity contribution in [1.82, 2.24) is 15.0 Å². The van der Waals surface area contributed by atoms with E-state index >= 15 is 0 Å². The van der Waals surface area contributed by atoms with Crippen molar-refractivity contribution in [2.45, 2.75) is 59.1 Å². The predicted octanol–water partition coefficient (Wildman–Crippen LogP) is 2.34. The molecule has 0 bridgehead atoms. The standard InChI is InChI=1S/C13H21N3O2/c1-9-11(12(17)18-13(2,3)4)14-15-16(9)8-10-6-5-7-10/h10H,5-8H2,1-4H3. The molecule has 2 rings (SSSR count). The van der Waals surface area contributed by atoms with E-state index in [0.29, 0.717) is 11.6 Å². The van der Waals surface area contributed by atoms with Gasteiger partial charge in [0.2, 0.25) is 0 Å². The van der Waals surface area contributed by atoms with Gasteiger partial charge in [-0.2, -0.15) is 0 Å². The van der Waals surface area contributed by atoms with Crippen LogP contribution in [0.1, 0.15) is 56.2 Å². The van der Waals surface area contributed by atoms with E-state index in [4.69, 9.17) is 4.74 Å². The molecular weight excluding hydrogens is 230 g/mol. The van der Waals surface area contributed by atoms with Crippen molar-refractivity contribution in [2.75, 3.05) is 0 Å². The molecule has 0 atom stereocenters. The van der Waals surface area contributed by atoms with Gasteiger partial charge >= 0.3 is 5.97 Å². The molecule has 1 heterocycles. The first-order chi connectivity index (χ1) is 8.37. The largest absolute Gasteiger partial charge is 0.455 e. The first-order valence-corrected chi connectivity index (χ1v) is 6.50. The molecule has 100 valence electrons. The SMILES string of the molecule is Cc1c(C(=O)OC(C)(C)C)nnn1CC1CCC1. The summed E-state index contributed by atoms with van der Waals surface area (Å²) in [6, 6.07) is 0. The molecule has 1 aromatic rings. The molecular formula is C13H21N3O2. The maximum absolute atomic E-state index is 11.9. The minimum atomic E-state index is -0.499. The highest BCUT2D eigenvalue weighted by Gasteiger charge is 2.25. The summed E-state index contributed by atoms with van der Waals surface area (Å²) in [7, 11) is 0. The predicted molar refractivity (Wildman–Crippen MR) is 67.3 cm³/mol.